The van der Waals surface area contributed by atoms with Gasteiger partial charge in [-0.15, -0.1) is 0 Å². The predicted octanol–water partition coefficient (Wildman–Crippen LogP) is 1.70. The van der Waals surface area contributed by atoms with Crippen LogP contribution < -0.4 is 10.6 Å². The third-order valence-electron chi connectivity index (χ3n) is 2.82. The maximum Gasteiger partial charge on any atom is 0.251 e. The van der Waals surface area contributed by atoms with Crippen LogP contribution in [-0.4, -0.2) is 38.2 Å². The number of nitrogens with one attached hydrogen (secondary N) is 2. The monoisotopic (exact) mass is 265 g/mol. The summed E-state index contributed by atoms with van der Waals surface area (Å²) in [6.45, 7) is 5.29. The van der Waals surface area contributed by atoms with E-state index in [4.69, 9.17) is 4.74 Å². The van der Waals surface area contributed by atoms with Crippen LogP contribution >= 0.6 is 0 Å². The zero-order chi connectivity index (χ0) is 14.3. The fourth-order valence-electron chi connectivity index (χ4n) is 1.74. The van der Waals surface area contributed by atoms with Crippen LogP contribution in [0.2, 0.25) is 0 Å². The molecule has 2 N–H and O–H groups in total. The predicted molar refractivity (Wildman–Crippen MR) is 76.5 cm³/mol. The average Bonchev–Trinajstić information content (AvgIpc) is 2.44. The van der Waals surface area contributed by atoms with Gasteiger partial charge in [0.15, 0.2) is 0 Å². The van der Waals surface area contributed by atoms with Gasteiger partial charge in [0.05, 0.1) is 6.61 Å². The zero-order valence-corrected chi connectivity index (χ0v) is 12.1. The summed E-state index contributed by atoms with van der Waals surface area (Å²) in [5, 5.41) is 5.88. The average molecular weight is 265 g/mol. The smallest absolute Gasteiger partial charge is 0.251 e. The number of ether oxygens (including phenoxy) is 1. The Morgan fingerprint density at radius 1 is 1.47 bits per heavy atom. The molecule has 0 aliphatic heterocycles. The minimum Gasteiger partial charge on any atom is -0.384 e. The number of methoxy groups -OCH3 is 1. The van der Waals surface area contributed by atoms with Crippen molar-refractivity contribution in [1.82, 2.24) is 10.3 Å². The van der Waals surface area contributed by atoms with E-state index in [-0.39, 0.29) is 5.91 Å². The molecule has 0 aliphatic carbocycles. The number of hydrogen-bond acceptors (Lipinski definition) is 4. The van der Waals surface area contributed by atoms with Crippen LogP contribution in [0.3, 0.4) is 0 Å². The highest BCUT2D eigenvalue weighted by Gasteiger charge is 2.10. The summed E-state index contributed by atoms with van der Waals surface area (Å²) in [5.41, 5.74) is 1.54. The quantitative estimate of drug-likeness (QED) is 0.787. The molecule has 0 saturated carbocycles. The number of amides is 1. The maximum atomic E-state index is 12.1. The van der Waals surface area contributed by atoms with Crippen LogP contribution in [0, 0.1) is 5.92 Å². The van der Waals surface area contributed by atoms with Crippen molar-refractivity contribution in [1.29, 1.82) is 0 Å². The van der Waals surface area contributed by atoms with Gasteiger partial charge < -0.3 is 15.4 Å². The Bertz CT molecular complexity index is 399. The summed E-state index contributed by atoms with van der Waals surface area (Å²) < 4.78 is 5.04. The summed E-state index contributed by atoms with van der Waals surface area (Å²) in [4.78, 5) is 16.4. The first-order chi connectivity index (χ1) is 9.10. The van der Waals surface area contributed by atoms with Crippen molar-refractivity contribution in [3.63, 3.8) is 0 Å². The first-order valence-corrected chi connectivity index (χ1v) is 6.56. The first kappa shape index (κ1) is 15.4. The molecule has 0 aromatic carbocycles. The molecular formula is C14H23N3O2. The lowest BCUT2D eigenvalue weighted by molar-refractivity contribution is 0.0934. The topological polar surface area (TPSA) is 63.2 Å². The van der Waals surface area contributed by atoms with Gasteiger partial charge in [-0.25, -0.2) is 4.98 Å². The Balaban J connectivity index is 2.70. The van der Waals surface area contributed by atoms with E-state index >= 15 is 0 Å². The fourth-order valence-corrected chi connectivity index (χ4v) is 1.74. The van der Waals surface area contributed by atoms with Crippen LogP contribution in [-0.2, 0) is 11.2 Å². The minimum atomic E-state index is -0.0726. The van der Waals surface area contributed by atoms with Gasteiger partial charge in [0, 0.05) is 32.0 Å². The van der Waals surface area contributed by atoms with E-state index in [1.807, 2.05) is 19.9 Å². The molecule has 1 unspecified atom stereocenters. The zero-order valence-electron chi connectivity index (χ0n) is 12.1. The Hall–Kier alpha value is -1.62. The standard InChI is InChI=1S/C14H23N3O2/c1-5-12-6-11(7-13(15-3)17-12)14(18)16-8-10(2)9-19-4/h6-7,10H,5,8-9H2,1-4H3,(H,15,17)(H,16,18). The number of rotatable bonds is 7. The molecule has 1 rings (SSSR count). The molecule has 1 heterocycles. The van der Waals surface area contributed by atoms with Gasteiger partial charge in [0.2, 0.25) is 0 Å². The highest BCUT2D eigenvalue weighted by atomic mass is 16.5. The van der Waals surface area contributed by atoms with Crippen molar-refractivity contribution in [2.45, 2.75) is 20.3 Å². The van der Waals surface area contributed by atoms with Gasteiger partial charge >= 0.3 is 0 Å². The summed E-state index contributed by atoms with van der Waals surface area (Å²) >= 11 is 0. The second kappa shape index (κ2) is 7.74. The Kier molecular flexibility index (Phi) is 6.29. The molecule has 1 amide bonds. The lowest BCUT2D eigenvalue weighted by atomic mass is 10.1. The molecule has 0 radical (unpaired) electrons. The summed E-state index contributed by atoms with van der Waals surface area (Å²) in [6.07, 6.45) is 0.801. The number of anilines is 1. The van der Waals surface area contributed by atoms with Gasteiger partial charge in [0.1, 0.15) is 5.82 Å². The van der Waals surface area contributed by atoms with Crippen LogP contribution in [0.4, 0.5) is 5.82 Å². The molecule has 1 atom stereocenters. The van der Waals surface area contributed by atoms with E-state index in [0.717, 1.165) is 17.9 Å². The SMILES string of the molecule is CCc1cc(C(=O)NCC(C)COC)cc(NC)n1. The first-order valence-electron chi connectivity index (χ1n) is 6.56. The van der Waals surface area contributed by atoms with Crippen molar-refractivity contribution in [2.75, 3.05) is 32.6 Å². The highest BCUT2D eigenvalue weighted by Crippen LogP contribution is 2.11. The Labute approximate surface area is 114 Å². The van der Waals surface area contributed by atoms with Crippen LogP contribution in [0.5, 0.6) is 0 Å². The second-order valence-corrected chi connectivity index (χ2v) is 4.61. The normalized spacial score (nSPS) is 12.0. The van der Waals surface area contributed by atoms with Gasteiger partial charge in [-0.05, 0) is 24.5 Å². The molecule has 19 heavy (non-hydrogen) atoms. The van der Waals surface area contributed by atoms with Crippen molar-refractivity contribution in [3.8, 4) is 0 Å². The maximum absolute atomic E-state index is 12.1. The fraction of sp³-hybridized carbons (Fsp3) is 0.571. The molecule has 5 nitrogen and oxygen atoms in total. The van der Waals surface area contributed by atoms with E-state index in [9.17, 15) is 4.79 Å². The van der Waals surface area contributed by atoms with E-state index in [1.165, 1.54) is 0 Å². The van der Waals surface area contributed by atoms with Crippen molar-refractivity contribution in [2.24, 2.45) is 5.92 Å². The van der Waals surface area contributed by atoms with Gasteiger partial charge in [-0.1, -0.05) is 13.8 Å². The summed E-state index contributed by atoms with van der Waals surface area (Å²) in [7, 11) is 3.46. The number of nitrogens with zero attached hydrogens (tertiary/aromatic N) is 1. The summed E-state index contributed by atoms with van der Waals surface area (Å²) in [6, 6.07) is 3.59. The van der Waals surface area contributed by atoms with E-state index < -0.39 is 0 Å². The van der Waals surface area contributed by atoms with Crippen LogP contribution in [0.15, 0.2) is 12.1 Å². The van der Waals surface area contributed by atoms with E-state index in [2.05, 4.69) is 15.6 Å². The number of carbonyl (C=O) groups is 1. The van der Waals surface area contributed by atoms with E-state index in [0.29, 0.717) is 24.6 Å². The number of pyridine rings is 1. The van der Waals surface area contributed by atoms with Crippen LogP contribution in [0.1, 0.15) is 29.9 Å². The highest BCUT2D eigenvalue weighted by molar-refractivity contribution is 5.95. The molecule has 0 aliphatic rings. The summed E-state index contributed by atoms with van der Waals surface area (Å²) in [5.74, 6) is 0.941. The number of hydrogen-bond donors (Lipinski definition) is 2. The number of carbonyl (C=O) groups excluding carboxylic acids is 1. The molecule has 106 valence electrons. The molecule has 5 heteroatoms. The second-order valence-electron chi connectivity index (χ2n) is 4.61. The van der Waals surface area contributed by atoms with Crippen molar-refractivity contribution in [3.05, 3.63) is 23.4 Å². The van der Waals surface area contributed by atoms with Crippen molar-refractivity contribution >= 4 is 11.7 Å². The lowest BCUT2D eigenvalue weighted by Crippen LogP contribution is -2.30. The molecule has 0 bridgehead atoms. The lowest BCUT2D eigenvalue weighted by Gasteiger charge is -2.12. The van der Waals surface area contributed by atoms with Gasteiger partial charge in [-0.3, -0.25) is 4.79 Å². The minimum absolute atomic E-state index is 0.0726. The van der Waals surface area contributed by atoms with Crippen molar-refractivity contribution < 1.29 is 9.53 Å². The molecular weight excluding hydrogens is 242 g/mol. The van der Waals surface area contributed by atoms with Gasteiger partial charge in [0.25, 0.3) is 5.91 Å². The van der Waals surface area contributed by atoms with E-state index in [1.54, 1.807) is 20.2 Å². The molecule has 0 fully saturated rings. The number of aryl methyl sites for hydroxylation is 1. The molecule has 0 saturated heterocycles. The third-order valence-corrected chi connectivity index (χ3v) is 2.82. The molecule has 1 aromatic rings. The van der Waals surface area contributed by atoms with Crippen LogP contribution in [0.25, 0.3) is 0 Å². The Morgan fingerprint density at radius 2 is 2.21 bits per heavy atom. The molecule has 1 aromatic heterocycles. The Morgan fingerprint density at radius 3 is 2.79 bits per heavy atom. The third kappa shape index (κ3) is 4.87. The van der Waals surface area contributed by atoms with Gasteiger partial charge in [-0.2, -0.15) is 0 Å². The molecule has 0 spiro atoms. The largest absolute Gasteiger partial charge is 0.384 e. The number of aromatic nitrogens is 1.